The molecule has 1 aromatic carbocycles. The third-order valence-corrected chi connectivity index (χ3v) is 3.38. The first-order valence-corrected chi connectivity index (χ1v) is 5.34. The van der Waals surface area contributed by atoms with Crippen molar-refractivity contribution in [2.45, 2.75) is 19.0 Å². The Kier molecular flexibility index (Phi) is 1.87. The predicted octanol–water partition coefficient (Wildman–Crippen LogP) is 2.12. The number of hydrogen-bond donors (Lipinski definition) is 0. The molecule has 16 heavy (non-hydrogen) atoms. The molecule has 0 saturated carbocycles. The van der Waals surface area contributed by atoms with Crippen molar-refractivity contribution in [1.82, 2.24) is 5.01 Å². The van der Waals surface area contributed by atoms with Crippen molar-refractivity contribution < 1.29 is 9.47 Å². The Bertz CT molecular complexity index is 470. The van der Waals surface area contributed by atoms with Crippen LogP contribution in [-0.2, 0) is 0 Å². The Hall–Kier alpha value is -1.71. The minimum absolute atomic E-state index is 0.324. The minimum Gasteiger partial charge on any atom is -0.493 e. The fourth-order valence-corrected chi connectivity index (χ4v) is 2.44. The molecule has 0 fully saturated rings. The Labute approximate surface area is 94.5 Å². The number of hydrogen-bond acceptors (Lipinski definition) is 4. The standard InChI is InChI=1S/C12H14N2O2/c1-7-8-4-11(15-2)12(16-3)5-9(8)10-6-13-14(7)10/h4-7,10H,1-3H3/t7-,10-/m1/s1. The average molecular weight is 218 g/mol. The van der Waals surface area contributed by atoms with Crippen LogP contribution in [0.15, 0.2) is 17.2 Å². The smallest absolute Gasteiger partial charge is 0.161 e. The molecule has 0 unspecified atom stereocenters. The van der Waals surface area contributed by atoms with E-state index >= 15 is 0 Å². The van der Waals surface area contributed by atoms with Crippen molar-refractivity contribution in [1.29, 1.82) is 0 Å². The van der Waals surface area contributed by atoms with E-state index in [0.717, 1.165) is 11.5 Å². The van der Waals surface area contributed by atoms with Gasteiger partial charge in [-0.05, 0) is 30.2 Å². The molecule has 0 aliphatic carbocycles. The van der Waals surface area contributed by atoms with E-state index in [1.54, 1.807) is 14.2 Å². The summed E-state index contributed by atoms with van der Waals surface area (Å²) in [6, 6.07) is 4.76. The normalized spacial score (nSPS) is 24.8. The second kappa shape index (κ2) is 3.14. The van der Waals surface area contributed by atoms with Crippen molar-refractivity contribution in [3.05, 3.63) is 23.3 Å². The lowest BCUT2D eigenvalue weighted by Crippen LogP contribution is -2.28. The Balaban J connectivity index is 2.14. The lowest BCUT2D eigenvalue weighted by atomic mass is 10.0. The maximum absolute atomic E-state index is 5.32. The third kappa shape index (κ3) is 1.01. The maximum atomic E-state index is 5.32. The number of nitrogens with zero attached hydrogens (tertiary/aromatic N) is 2. The quantitative estimate of drug-likeness (QED) is 0.762. The third-order valence-electron chi connectivity index (χ3n) is 3.38. The van der Waals surface area contributed by atoms with Crippen molar-refractivity contribution in [3.8, 4) is 11.5 Å². The summed E-state index contributed by atoms with van der Waals surface area (Å²) < 4.78 is 10.6. The van der Waals surface area contributed by atoms with Gasteiger partial charge in [0.15, 0.2) is 11.5 Å². The molecule has 2 atom stereocenters. The predicted molar refractivity (Wildman–Crippen MR) is 61.0 cm³/mol. The number of rotatable bonds is 2. The van der Waals surface area contributed by atoms with Crippen LogP contribution >= 0.6 is 0 Å². The first-order chi connectivity index (χ1) is 7.76. The summed E-state index contributed by atoms with van der Waals surface area (Å²) in [4.78, 5) is 0. The molecule has 84 valence electrons. The van der Waals surface area contributed by atoms with Crippen molar-refractivity contribution in [2.24, 2.45) is 5.10 Å². The summed E-state index contributed by atoms with van der Waals surface area (Å²) >= 11 is 0. The van der Waals surface area contributed by atoms with Gasteiger partial charge in [-0.2, -0.15) is 5.10 Å². The van der Waals surface area contributed by atoms with E-state index in [1.807, 2.05) is 6.21 Å². The van der Waals surface area contributed by atoms with E-state index in [0.29, 0.717) is 12.1 Å². The highest BCUT2D eigenvalue weighted by atomic mass is 16.5. The van der Waals surface area contributed by atoms with Crippen LogP contribution in [0.3, 0.4) is 0 Å². The Morgan fingerprint density at radius 2 is 1.75 bits per heavy atom. The number of methoxy groups -OCH3 is 2. The van der Waals surface area contributed by atoms with Crippen LogP contribution in [0.4, 0.5) is 0 Å². The maximum Gasteiger partial charge on any atom is 0.161 e. The highest BCUT2D eigenvalue weighted by Crippen LogP contribution is 2.48. The summed E-state index contributed by atoms with van der Waals surface area (Å²) in [7, 11) is 3.32. The van der Waals surface area contributed by atoms with Crippen molar-refractivity contribution >= 4 is 6.21 Å². The molecule has 4 nitrogen and oxygen atoms in total. The van der Waals surface area contributed by atoms with E-state index < -0.39 is 0 Å². The van der Waals surface area contributed by atoms with Crippen LogP contribution in [0.1, 0.15) is 30.1 Å². The summed E-state index contributed by atoms with van der Waals surface area (Å²) in [5.74, 6) is 1.58. The minimum atomic E-state index is 0.324. The van der Waals surface area contributed by atoms with Gasteiger partial charge in [-0.15, -0.1) is 0 Å². The number of benzene rings is 1. The Morgan fingerprint density at radius 3 is 2.25 bits per heavy atom. The molecule has 3 rings (SSSR count). The van der Waals surface area contributed by atoms with Crippen LogP contribution < -0.4 is 9.47 Å². The van der Waals surface area contributed by atoms with Crippen molar-refractivity contribution in [3.63, 3.8) is 0 Å². The van der Waals surface area contributed by atoms with Crippen LogP contribution in [0.25, 0.3) is 0 Å². The zero-order chi connectivity index (χ0) is 11.3. The van der Waals surface area contributed by atoms with Gasteiger partial charge in [-0.25, -0.2) is 0 Å². The summed E-state index contributed by atoms with van der Waals surface area (Å²) in [6.45, 7) is 2.15. The number of ether oxygens (including phenoxy) is 2. The fourth-order valence-electron chi connectivity index (χ4n) is 2.44. The molecule has 0 spiro atoms. The highest BCUT2D eigenvalue weighted by molar-refractivity contribution is 5.75. The van der Waals surface area contributed by atoms with E-state index in [4.69, 9.17) is 9.47 Å². The van der Waals surface area contributed by atoms with Crippen LogP contribution in [0, 0.1) is 0 Å². The van der Waals surface area contributed by atoms with Gasteiger partial charge in [0.1, 0.15) is 6.04 Å². The molecule has 1 aromatic rings. The lowest BCUT2D eigenvalue weighted by Gasteiger charge is -2.30. The lowest BCUT2D eigenvalue weighted by molar-refractivity contribution is 0.190. The molecule has 0 bridgehead atoms. The molecule has 0 saturated heterocycles. The summed E-state index contributed by atoms with van der Waals surface area (Å²) in [5, 5.41) is 6.37. The SMILES string of the molecule is COc1cc2c(cc1OC)[C@H]1C=NN1[C@@H]2C. The van der Waals surface area contributed by atoms with E-state index in [-0.39, 0.29) is 0 Å². The van der Waals surface area contributed by atoms with Gasteiger partial charge >= 0.3 is 0 Å². The van der Waals surface area contributed by atoms with Crippen LogP contribution in [0.2, 0.25) is 0 Å². The molecule has 2 aliphatic rings. The van der Waals surface area contributed by atoms with E-state index in [2.05, 4.69) is 29.2 Å². The molecule has 0 radical (unpaired) electrons. The van der Waals surface area contributed by atoms with Crippen LogP contribution in [-0.4, -0.2) is 25.4 Å². The zero-order valence-electron chi connectivity index (χ0n) is 9.60. The molecule has 2 heterocycles. The van der Waals surface area contributed by atoms with Gasteiger partial charge < -0.3 is 9.47 Å². The van der Waals surface area contributed by atoms with Gasteiger partial charge in [0.2, 0.25) is 0 Å². The number of fused-ring (bicyclic) bond motifs is 3. The van der Waals surface area contributed by atoms with Crippen molar-refractivity contribution in [2.75, 3.05) is 14.2 Å². The fraction of sp³-hybridized carbons (Fsp3) is 0.417. The summed E-state index contributed by atoms with van der Waals surface area (Å²) in [6.07, 6.45) is 1.97. The van der Waals surface area contributed by atoms with Gasteiger partial charge in [-0.1, -0.05) is 0 Å². The molecular weight excluding hydrogens is 204 g/mol. The molecule has 2 aliphatic heterocycles. The molecular formula is C12H14N2O2. The van der Waals surface area contributed by atoms with E-state index in [1.165, 1.54) is 11.1 Å². The highest BCUT2D eigenvalue weighted by Gasteiger charge is 2.39. The number of hydrazone groups is 1. The Morgan fingerprint density at radius 1 is 1.12 bits per heavy atom. The van der Waals surface area contributed by atoms with E-state index in [9.17, 15) is 0 Å². The van der Waals surface area contributed by atoms with Gasteiger partial charge in [0.05, 0.1) is 26.5 Å². The molecule has 0 N–H and O–H groups in total. The van der Waals surface area contributed by atoms with Gasteiger partial charge in [0.25, 0.3) is 0 Å². The van der Waals surface area contributed by atoms with Crippen LogP contribution in [0.5, 0.6) is 11.5 Å². The first kappa shape index (κ1) is 9.51. The summed E-state index contributed by atoms with van der Waals surface area (Å²) in [5.41, 5.74) is 2.56. The topological polar surface area (TPSA) is 34.1 Å². The van der Waals surface area contributed by atoms with Gasteiger partial charge in [-0.3, -0.25) is 5.01 Å². The average Bonchev–Trinajstić information content (AvgIpc) is 2.43. The largest absolute Gasteiger partial charge is 0.493 e. The second-order valence-corrected chi connectivity index (χ2v) is 4.10. The van der Waals surface area contributed by atoms with Gasteiger partial charge in [0, 0.05) is 0 Å². The second-order valence-electron chi connectivity index (χ2n) is 4.10. The first-order valence-electron chi connectivity index (χ1n) is 5.34. The molecule has 0 amide bonds. The molecule has 0 aromatic heterocycles. The zero-order valence-corrected chi connectivity index (χ0v) is 9.60. The monoisotopic (exact) mass is 218 g/mol. The molecule has 4 heteroatoms.